The number of aliphatic hydroxyl groups excluding tert-OH is 4. The molecule has 0 unspecified atom stereocenters. The number of phenols is 1. The van der Waals surface area contributed by atoms with Crippen molar-refractivity contribution in [3.8, 4) is 23.3 Å². The highest BCUT2D eigenvalue weighted by Crippen LogP contribution is 2.48. The maximum absolute atomic E-state index is 12.1. The molecule has 0 amide bonds. The van der Waals surface area contributed by atoms with Crippen LogP contribution in [0.1, 0.15) is 74.6 Å². The Labute approximate surface area is 318 Å². The van der Waals surface area contributed by atoms with E-state index in [1.807, 2.05) is 36.5 Å². The fourth-order valence-corrected chi connectivity index (χ4v) is 9.50. The first-order valence-electron chi connectivity index (χ1n) is 20.0. The van der Waals surface area contributed by atoms with Gasteiger partial charge in [0.2, 0.25) is 0 Å². The van der Waals surface area contributed by atoms with E-state index in [-0.39, 0.29) is 60.4 Å². The number of fused-ring (bicyclic) bond motifs is 4. The predicted molar refractivity (Wildman–Crippen MR) is 207 cm³/mol. The Bertz CT molecular complexity index is 1790. The van der Waals surface area contributed by atoms with Gasteiger partial charge in [0.15, 0.2) is 11.5 Å². The van der Waals surface area contributed by atoms with Crippen molar-refractivity contribution in [1.82, 2.24) is 10.3 Å². The lowest BCUT2D eigenvalue weighted by molar-refractivity contribution is -0.0611. The highest BCUT2D eigenvalue weighted by atomic mass is 16.5. The van der Waals surface area contributed by atoms with E-state index < -0.39 is 24.4 Å². The molecule has 0 bridgehead atoms. The van der Waals surface area contributed by atoms with Gasteiger partial charge in [-0.15, -0.1) is 0 Å². The van der Waals surface area contributed by atoms with Crippen molar-refractivity contribution >= 4 is 0 Å². The van der Waals surface area contributed by atoms with E-state index in [1.165, 1.54) is 5.57 Å². The molecule has 2 aromatic rings. The number of nitrogens with two attached hydrogens (primary N) is 1. The monoisotopic (exact) mass is 739 g/mol. The van der Waals surface area contributed by atoms with Gasteiger partial charge < -0.3 is 51.0 Å². The summed E-state index contributed by atoms with van der Waals surface area (Å²) in [7, 11) is 0. The summed E-state index contributed by atoms with van der Waals surface area (Å²) >= 11 is 0. The minimum atomic E-state index is -1.26. The largest absolute Gasteiger partial charge is 0.504 e. The van der Waals surface area contributed by atoms with E-state index in [9.17, 15) is 25.5 Å². The first-order chi connectivity index (χ1) is 26.2. The molecule has 0 saturated carbocycles. The van der Waals surface area contributed by atoms with E-state index in [0.717, 1.165) is 67.3 Å². The molecule has 1 aromatic carbocycles. The van der Waals surface area contributed by atoms with Crippen LogP contribution in [0.2, 0.25) is 0 Å². The van der Waals surface area contributed by atoms with Crippen molar-refractivity contribution in [2.45, 2.75) is 101 Å². The Morgan fingerprint density at radius 1 is 1.07 bits per heavy atom. The summed E-state index contributed by atoms with van der Waals surface area (Å²) in [4.78, 5) is 3.30. The number of aliphatic hydroxyl groups is 4. The first kappa shape index (κ1) is 38.3. The summed E-state index contributed by atoms with van der Waals surface area (Å²) in [6, 6.07) is 7.62. The van der Waals surface area contributed by atoms with E-state index in [2.05, 4.69) is 41.2 Å². The number of benzene rings is 1. The third kappa shape index (κ3) is 8.31. The van der Waals surface area contributed by atoms with Crippen molar-refractivity contribution in [1.29, 1.82) is 0 Å². The van der Waals surface area contributed by atoms with Crippen molar-refractivity contribution in [2.75, 3.05) is 19.8 Å². The number of phenolic OH excluding ortho intramolecular Hbond substituents is 1. The number of dihydropyridines is 1. The topological polar surface area (TPSA) is 173 Å². The average Bonchev–Trinajstić information content (AvgIpc) is 3.64. The number of hydrogen-bond acceptors (Lipinski definition) is 9. The third-order valence-electron chi connectivity index (χ3n) is 12.4. The zero-order chi connectivity index (χ0) is 37.8. The second kappa shape index (κ2) is 17.2. The van der Waals surface area contributed by atoms with Crippen LogP contribution in [-0.2, 0) is 17.6 Å². The number of H-pyrrole nitrogens is 1. The third-order valence-corrected chi connectivity index (χ3v) is 12.4. The van der Waals surface area contributed by atoms with E-state index in [1.54, 1.807) is 12.1 Å². The van der Waals surface area contributed by atoms with Crippen molar-refractivity contribution in [2.24, 2.45) is 35.3 Å². The molecule has 4 aliphatic carbocycles. The van der Waals surface area contributed by atoms with Crippen molar-refractivity contribution in [3.05, 3.63) is 94.6 Å². The minimum Gasteiger partial charge on any atom is -0.504 e. The first-order valence-corrected chi connectivity index (χ1v) is 20.0. The zero-order valence-corrected chi connectivity index (χ0v) is 31.2. The van der Waals surface area contributed by atoms with Crippen LogP contribution < -0.4 is 15.8 Å². The molecule has 10 nitrogen and oxygen atoms in total. The summed E-state index contributed by atoms with van der Waals surface area (Å²) < 4.78 is 12.9. The lowest BCUT2D eigenvalue weighted by Crippen LogP contribution is -2.50. The van der Waals surface area contributed by atoms with Gasteiger partial charge in [-0.25, -0.2) is 0 Å². The molecule has 9 N–H and O–H groups in total. The van der Waals surface area contributed by atoms with E-state index >= 15 is 0 Å². The van der Waals surface area contributed by atoms with Crippen molar-refractivity contribution in [3.63, 3.8) is 0 Å². The molecule has 0 fully saturated rings. The Morgan fingerprint density at radius 2 is 1.93 bits per heavy atom. The van der Waals surface area contributed by atoms with Crippen LogP contribution in [-0.4, -0.2) is 80.8 Å². The van der Waals surface area contributed by atoms with Crippen LogP contribution in [0.5, 0.6) is 11.5 Å². The van der Waals surface area contributed by atoms with Crippen LogP contribution >= 0.6 is 0 Å². The van der Waals surface area contributed by atoms with Gasteiger partial charge in [-0.1, -0.05) is 61.5 Å². The molecule has 1 aliphatic heterocycles. The van der Waals surface area contributed by atoms with Gasteiger partial charge in [0, 0.05) is 48.0 Å². The molecular weight excluding hydrogens is 682 g/mol. The summed E-state index contributed by atoms with van der Waals surface area (Å²) in [5.74, 6) is 7.13. The van der Waals surface area contributed by atoms with E-state index in [4.69, 9.17) is 15.2 Å². The molecule has 0 spiro atoms. The van der Waals surface area contributed by atoms with Gasteiger partial charge in [-0.05, 0) is 97.9 Å². The quantitative estimate of drug-likeness (QED) is 0.129. The number of nitrogens with one attached hydrogen (secondary N) is 2. The fourth-order valence-electron chi connectivity index (χ4n) is 9.50. The molecule has 11 atom stereocenters. The number of ether oxygens (including phenoxy) is 2. The van der Waals surface area contributed by atoms with Crippen LogP contribution in [0.25, 0.3) is 0 Å². The Morgan fingerprint density at radius 3 is 2.70 bits per heavy atom. The lowest BCUT2D eigenvalue weighted by atomic mass is 9.73. The summed E-state index contributed by atoms with van der Waals surface area (Å²) in [6.07, 6.45) is 14.9. The normalized spacial score (nSPS) is 32.8. The van der Waals surface area contributed by atoms with Crippen LogP contribution in [0.3, 0.4) is 0 Å². The second-order valence-electron chi connectivity index (χ2n) is 15.7. The molecule has 10 heteroatoms. The van der Waals surface area contributed by atoms with E-state index in [0.29, 0.717) is 31.1 Å². The molecule has 54 heavy (non-hydrogen) atoms. The highest BCUT2D eigenvalue weighted by Gasteiger charge is 2.44. The summed E-state index contributed by atoms with van der Waals surface area (Å²) in [5.41, 5.74) is 11.4. The average molecular weight is 740 g/mol. The molecule has 2 heterocycles. The Hall–Kier alpha value is -3.98. The van der Waals surface area contributed by atoms with Crippen LogP contribution in [0.4, 0.5) is 0 Å². The van der Waals surface area contributed by atoms with Gasteiger partial charge in [-0.3, -0.25) is 0 Å². The number of aromatic hydroxyl groups is 1. The number of hydrogen-bond donors (Lipinski definition) is 8. The summed E-state index contributed by atoms with van der Waals surface area (Å²) in [5, 5.41) is 58.8. The molecule has 0 saturated heterocycles. The number of aryl methyl sites for hydroxylation is 1. The number of allylic oxidation sites excluding steroid dienone is 4. The molecule has 7 rings (SSSR count). The second-order valence-corrected chi connectivity index (χ2v) is 15.7. The minimum absolute atomic E-state index is 0.0282. The highest BCUT2D eigenvalue weighted by molar-refractivity contribution is 5.52. The van der Waals surface area contributed by atoms with Gasteiger partial charge in [0.05, 0.1) is 31.2 Å². The predicted octanol–water partition coefficient (Wildman–Crippen LogP) is 4.50. The van der Waals surface area contributed by atoms with Crippen LogP contribution in [0.15, 0.2) is 77.8 Å². The number of rotatable bonds is 10. The maximum atomic E-state index is 12.1. The molecule has 1 aromatic heterocycles. The van der Waals surface area contributed by atoms with Gasteiger partial charge in [-0.2, -0.15) is 0 Å². The van der Waals surface area contributed by atoms with Crippen molar-refractivity contribution < 1.29 is 35.0 Å². The fraction of sp³-hybridized carbons (Fsp3) is 0.545. The van der Waals surface area contributed by atoms with Gasteiger partial charge >= 0.3 is 0 Å². The molecular formula is C44H57N3O7. The number of aromatic nitrogens is 1. The van der Waals surface area contributed by atoms with Gasteiger partial charge in [0.25, 0.3) is 0 Å². The Kier molecular flexibility index (Phi) is 12.2. The lowest BCUT2D eigenvalue weighted by Gasteiger charge is -2.40. The zero-order valence-electron chi connectivity index (χ0n) is 31.2. The standard InChI is InChI=1S/C44H57N3O7/c1-2-26-6-3-4-8-39(53-19-18-48)42-30(10-9-26)20-27-11-12-28-21-37(50)40(25-35(28)34(27)24-38(42)51)54-44-32(13-14-36(49)43(44)52)33(23-31-7-5-16-46-31)29-15-17-47-41(45)22-29/h5,7,13-16,20-22,25-26,30,32-34,36,38-39,42-44,46-52H,2-4,6,8,11-12,17-19,23-24,45H2,1H3/t26-,30-,32-,33+,34+,36-,38+,39-,42-,43-,44-/m0/s1. The maximum Gasteiger partial charge on any atom is 0.161 e. The SMILES string of the molecule is CC[C@@H]1C#C[C@H]2C=C3CCc4cc(O)c(O[C@@H]5[C@@H](O)[C@@H](O)C=C[C@H]5[C@H](Cc5ccc[nH]5)C5=CCNC(N)=C5)cc4[C@@H]3C[C@@H](O)[C@H]2[C@@H](OCCO)CCCC1. The molecule has 5 aliphatic rings. The summed E-state index contributed by atoms with van der Waals surface area (Å²) in [6.45, 7) is 2.90. The Balaban J connectivity index is 1.23. The smallest absolute Gasteiger partial charge is 0.161 e. The molecule has 0 radical (unpaired) electrons. The van der Waals surface area contributed by atoms with Gasteiger partial charge in [0.1, 0.15) is 18.3 Å². The number of aromatic amines is 1. The van der Waals surface area contributed by atoms with Crippen LogP contribution in [0, 0.1) is 41.4 Å². The molecule has 290 valence electrons.